The summed E-state index contributed by atoms with van der Waals surface area (Å²) in [5, 5.41) is 11.7. The van der Waals surface area contributed by atoms with E-state index in [1.54, 1.807) is 5.38 Å². The molecule has 0 spiro atoms. The van der Waals surface area contributed by atoms with Crippen molar-refractivity contribution in [3.8, 4) is 0 Å². The minimum Gasteiger partial charge on any atom is -0.476 e. The van der Waals surface area contributed by atoms with Crippen molar-refractivity contribution in [2.24, 2.45) is 5.92 Å². The first kappa shape index (κ1) is 15.4. The van der Waals surface area contributed by atoms with Crippen LogP contribution in [0.4, 0.5) is 5.13 Å². The van der Waals surface area contributed by atoms with Gasteiger partial charge in [0, 0.05) is 11.1 Å². The average Bonchev–Trinajstić information content (AvgIpc) is 3.19. The number of nitrogens with zero attached hydrogens (tertiary/aromatic N) is 2. The number of aromatic carboxylic acids is 1. The number of thiazole rings is 1. The highest BCUT2D eigenvalue weighted by atomic mass is 32.1. The van der Waals surface area contributed by atoms with Crippen LogP contribution < -0.4 is 4.90 Å². The topological polar surface area (TPSA) is 53.4 Å². The minimum absolute atomic E-state index is 0.139. The first-order chi connectivity index (χ1) is 11.6. The number of allylic oxidation sites excluding steroid dienone is 1. The van der Waals surface area contributed by atoms with Crippen LogP contribution in [0.1, 0.15) is 54.7 Å². The van der Waals surface area contributed by atoms with Gasteiger partial charge in [0.05, 0.1) is 6.04 Å². The third-order valence-corrected chi connectivity index (χ3v) is 5.86. The Kier molecular flexibility index (Phi) is 3.88. The highest BCUT2D eigenvalue weighted by Gasteiger charge is 2.37. The summed E-state index contributed by atoms with van der Waals surface area (Å²) in [7, 11) is 0. The second kappa shape index (κ2) is 6.06. The predicted octanol–water partition coefficient (Wildman–Crippen LogP) is 4.87. The Morgan fingerprint density at radius 2 is 2.08 bits per heavy atom. The van der Waals surface area contributed by atoms with Crippen molar-refractivity contribution >= 4 is 22.4 Å². The van der Waals surface area contributed by atoms with Gasteiger partial charge in [-0.05, 0) is 42.7 Å². The third kappa shape index (κ3) is 2.63. The van der Waals surface area contributed by atoms with Crippen LogP contribution in [0.3, 0.4) is 0 Å². The molecule has 24 heavy (non-hydrogen) atoms. The molecule has 4 nitrogen and oxygen atoms in total. The summed E-state index contributed by atoms with van der Waals surface area (Å²) in [6.07, 6.45) is 4.41. The fraction of sp³-hybridized carbons (Fsp3) is 0.368. The van der Waals surface area contributed by atoms with Gasteiger partial charge in [-0.25, -0.2) is 9.78 Å². The fourth-order valence-electron chi connectivity index (χ4n) is 3.87. The molecule has 1 N–H and O–H groups in total. The van der Waals surface area contributed by atoms with Crippen molar-refractivity contribution in [3.63, 3.8) is 0 Å². The number of rotatable bonds is 3. The van der Waals surface area contributed by atoms with Gasteiger partial charge in [-0.15, -0.1) is 11.3 Å². The lowest BCUT2D eigenvalue weighted by atomic mass is 9.87. The van der Waals surface area contributed by atoms with Crippen molar-refractivity contribution in [1.29, 1.82) is 0 Å². The molecule has 2 unspecified atom stereocenters. The molecule has 2 atom stereocenters. The summed E-state index contributed by atoms with van der Waals surface area (Å²) < 4.78 is 0. The summed E-state index contributed by atoms with van der Waals surface area (Å²) in [4.78, 5) is 17.9. The highest BCUT2D eigenvalue weighted by molar-refractivity contribution is 7.14. The maximum atomic E-state index is 11.2. The largest absolute Gasteiger partial charge is 0.476 e. The molecule has 0 fully saturated rings. The molecule has 1 aliphatic heterocycles. The number of carbonyl (C=O) groups is 1. The van der Waals surface area contributed by atoms with Gasteiger partial charge in [-0.2, -0.15) is 0 Å². The first-order valence-electron chi connectivity index (χ1n) is 8.37. The second-order valence-electron chi connectivity index (χ2n) is 6.72. The van der Waals surface area contributed by atoms with Crippen molar-refractivity contribution in [2.75, 3.05) is 4.90 Å². The van der Waals surface area contributed by atoms with E-state index >= 15 is 0 Å². The number of carboxylic acids is 1. The second-order valence-corrected chi connectivity index (χ2v) is 7.56. The van der Waals surface area contributed by atoms with Crippen molar-refractivity contribution in [1.82, 2.24) is 4.98 Å². The van der Waals surface area contributed by atoms with Crippen LogP contribution >= 0.6 is 11.3 Å². The first-order valence-corrected chi connectivity index (χ1v) is 9.25. The van der Waals surface area contributed by atoms with E-state index in [-0.39, 0.29) is 11.7 Å². The number of carboxylic acid groups (broad SMARTS) is 1. The van der Waals surface area contributed by atoms with Gasteiger partial charge in [0.1, 0.15) is 0 Å². The van der Waals surface area contributed by atoms with E-state index in [1.807, 2.05) is 6.07 Å². The van der Waals surface area contributed by atoms with Gasteiger partial charge in [-0.3, -0.25) is 0 Å². The quantitative estimate of drug-likeness (QED) is 0.866. The molecule has 4 rings (SSSR count). The van der Waals surface area contributed by atoms with Crippen LogP contribution in [0.25, 0.3) is 0 Å². The van der Waals surface area contributed by atoms with E-state index in [1.165, 1.54) is 34.6 Å². The van der Waals surface area contributed by atoms with Gasteiger partial charge in [0.25, 0.3) is 0 Å². The number of hydrogen-bond acceptors (Lipinski definition) is 4. The number of aromatic nitrogens is 1. The van der Waals surface area contributed by atoms with E-state index in [2.05, 4.69) is 41.1 Å². The molecule has 2 heterocycles. The molecular weight excluding hydrogens is 320 g/mol. The lowest BCUT2D eigenvalue weighted by molar-refractivity contribution is 0.0691. The molecule has 0 radical (unpaired) electrons. The molecule has 0 amide bonds. The van der Waals surface area contributed by atoms with Gasteiger partial charge in [0.2, 0.25) is 0 Å². The molecule has 1 aliphatic carbocycles. The van der Waals surface area contributed by atoms with Gasteiger partial charge in [-0.1, -0.05) is 37.3 Å². The Morgan fingerprint density at radius 3 is 2.79 bits per heavy atom. The third-order valence-electron chi connectivity index (χ3n) is 5.02. The molecular formula is C19H20N2O2S. The summed E-state index contributed by atoms with van der Waals surface area (Å²) in [5.74, 6) is -0.231. The SMILES string of the molecule is CC1CCC2=C(C1)CC(c1ccccc1)N2c1nc(C(=O)O)cs1. The maximum Gasteiger partial charge on any atom is 0.355 e. The minimum atomic E-state index is -0.959. The van der Waals surface area contributed by atoms with Crippen molar-refractivity contribution < 1.29 is 9.90 Å². The molecule has 0 saturated carbocycles. The monoisotopic (exact) mass is 340 g/mol. The Balaban J connectivity index is 1.76. The number of anilines is 1. The number of benzene rings is 1. The summed E-state index contributed by atoms with van der Waals surface area (Å²) in [5.41, 5.74) is 4.30. The van der Waals surface area contributed by atoms with Crippen molar-refractivity contribution in [3.05, 3.63) is 58.2 Å². The zero-order chi connectivity index (χ0) is 16.7. The molecule has 0 saturated heterocycles. The van der Waals surface area contributed by atoms with E-state index < -0.39 is 5.97 Å². The van der Waals surface area contributed by atoms with Crippen LogP contribution in [0.2, 0.25) is 0 Å². The van der Waals surface area contributed by atoms with Crippen molar-refractivity contribution in [2.45, 2.75) is 38.6 Å². The highest BCUT2D eigenvalue weighted by Crippen LogP contribution is 2.49. The summed E-state index contributed by atoms with van der Waals surface area (Å²) >= 11 is 1.43. The molecule has 1 aromatic heterocycles. The standard InChI is InChI=1S/C19H20N2O2S/c1-12-7-8-16-14(9-12)10-17(13-5-3-2-4-6-13)21(16)19-20-15(11-24-19)18(22)23/h2-6,11-12,17H,7-10H2,1H3,(H,22,23). The van der Waals surface area contributed by atoms with Crippen LogP contribution in [-0.4, -0.2) is 16.1 Å². The normalized spacial score (nSPS) is 23.5. The fourth-order valence-corrected chi connectivity index (χ4v) is 4.74. The summed E-state index contributed by atoms with van der Waals surface area (Å²) in [6, 6.07) is 10.7. The van der Waals surface area contributed by atoms with Gasteiger partial charge >= 0.3 is 5.97 Å². The zero-order valence-electron chi connectivity index (χ0n) is 13.6. The van der Waals surface area contributed by atoms with E-state index in [4.69, 9.17) is 0 Å². The number of hydrogen-bond donors (Lipinski definition) is 1. The molecule has 1 aromatic carbocycles. The zero-order valence-corrected chi connectivity index (χ0v) is 14.4. The molecule has 124 valence electrons. The van der Waals surface area contributed by atoms with E-state index in [0.29, 0.717) is 0 Å². The molecule has 0 bridgehead atoms. The van der Waals surface area contributed by atoms with Crippen LogP contribution in [0.5, 0.6) is 0 Å². The van der Waals surface area contributed by atoms with E-state index in [9.17, 15) is 9.90 Å². The Labute approximate surface area is 145 Å². The van der Waals surface area contributed by atoms with Crippen LogP contribution in [-0.2, 0) is 0 Å². The lowest BCUT2D eigenvalue weighted by Gasteiger charge is -2.29. The van der Waals surface area contributed by atoms with E-state index in [0.717, 1.165) is 30.3 Å². The predicted molar refractivity (Wildman–Crippen MR) is 95.4 cm³/mol. The Hall–Kier alpha value is -2.14. The van der Waals surface area contributed by atoms with Crippen LogP contribution in [0.15, 0.2) is 47.0 Å². The molecule has 2 aliphatic rings. The smallest absolute Gasteiger partial charge is 0.355 e. The van der Waals surface area contributed by atoms with Gasteiger partial charge < -0.3 is 10.0 Å². The molecule has 2 aromatic rings. The maximum absolute atomic E-state index is 11.2. The molecule has 5 heteroatoms. The van der Waals surface area contributed by atoms with Crippen LogP contribution in [0, 0.1) is 5.92 Å². The Bertz CT molecular complexity index is 797. The lowest BCUT2D eigenvalue weighted by Crippen LogP contribution is -2.24. The van der Waals surface area contributed by atoms with Gasteiger partial charge in [0.15, 0.2) is 10.8 Å². The summed E-state index contributed by atoms with van der Waals surface area (Å²) in [6.45, 7) is 2.32. The average molecular weight is 340 g/mol. The Morgan fingerprint density at radius 1 is 1.29 bits per heavy atom.